The van der Waals surface area contributed by atoms with E-state index < -0.39 is 55.7 Å². The summed E-state index contributed by atoms with van der Waals surface area (Å²) in [5.74, 6) is -3.04. The maximum Gasteiger partial charge on any atom is 0.459 e. The molecule has 3 heterocycles. The number of para-hydroxylation sites is 1. The highest BCUT2D eigenvalue weighted by Crippen LogP contribution is 2.51. The van der Waals surface area contributed by atoms with Crippen LogP contribution < -0.4 is 24.4 Å². The lowest BCUT2D eigenvalue weighted by atomic mass is 9.77. The van der Waals surface area contributed by atoms with Gasteiger partial charge in [-0.25, -0.2) is 13.9 Å². The number of alkyl halides is 1. The summed E-state index contributed by atoms with van der Waals surface area (Å²) < 4.78 is 67.5. The molecule has 66 heavy (non-hydrogen) atoms. The van der Waals surface area contributed by atoms with Crippen molar-refractivity contribution in [1.82, 2.24) is 24.6 Å². The Morgan fingerprint density at radius 2 is 1.53 bits per heavy atom. The van der Waals surface area contributed by atoms with E-state index in [9.17, 15) is 19.6 Å². The van der Waals surface area contributed by atoms with Crippen LogP contribution in [0.4, 0.5) is 10.3 Å². The van der Waals surface area contributed by atoms with Crippen molar-refractivity contribution in [2.75, 3.05) is 25.6 Å². The fourth-order valence-electron chi connectivity index (χ4n) is 8.47. The van der Waals surface area contributed by atoms with Crippen LogP contribution >= 0.6 is 7.75 Å². The number of ether oxygens (including phenoxy) is 4. The second-order valence-electron chi connectivity index (χ2n) is 16.6. The van der Waals surface area contributed by atoms with E-state index >= 15 is 4.39 Å². The summed E-state index contributed by atoms with van der Waals surface area (Å²) >= 11 is 0. The maximum atomic E-state index is 17.3. The number of benzene rings is 4. The number of imidazole rings is 1. The Labute approximate surface area is 382 Å². The zero-order valence-corrected chi connectivity index (χ0v) is 38.0. The van der Waals surface area contributed by atoms with Gasteiger partial charge in [-0.1, -0.05) is 97.4 Å². The molecule has 0 amide bonds. The molecule has 4 aromatic carbocycles. The van der Waals surface area contributed by atoms with Crippen molar-refractivity contribution in [3.63, 3.8) is 0 Å². The quantitative estimate of drug-likeness (QED) is 0.0367. The molecule has 6 aromatic rings. The number of fused-ring (bicyclic) bond motifs is 1. The van der Waals surface area contributed by atoms with Crippen molar-refractivity contribution in [2.45, 2.75) is 94.3 Å². The zero-order valence-electron chi connectivity index (χ0n) is 37.1. The Bertz CT molecular complexity index is 2580. The Morgan fingerprint density at radius 3 is 2.14 bits per heavy atom. The van der Waals surface area contributed by atoms with Gasteiger partial charge in [0.05, 0.1) is 20.0 Å². The Balaban J connectivity index is 1.13. The van der Waals surface area contributed by atoms with Gasteiger partial charge in [0.15, 0.2) is 17.4 Å². The van der Waals surface area contributed by atoms with E-state index in [1.165, 1.54) is 36.9 Å². The third-order valence-corrected chi connectivity index (χ3v) is 13.5. The SMILES string of the molecule is CCOc1nc(NC(c2ccccc2)(c2ccccc2)c2ccc(OC)cc2)nc2c1ncn2[C@@H]1O[C@](F)(COP(=O)(N[C@@H](C)C(=O)OC2CCCCC2)Oc2ccccc2)[C@@H](O)[C@@]1(C)O. The molecule has 1 saturated heterocycles. The number of hydrogen-bond donors (Lipinski definition) is 4. The number of esters is 1. The van der Waals surface area contributed by atoms with Crippen LogP contribution in [-0.4, -0.2) is 85.7 Å². The minimum Gasteiger partial charge on any atom is -0.497 e. The molecule has 0 radical (unpaired) electrons. The summed E-state index contributed by atoms with van der Waals surface area (Å²) in [4.78, 5) is 27.4. The number of methoxy groups -OCH3 is 1. The van der Waals surface area contributed by atoms with E-state index in [4.69, 9.17) is 38.0 Å². The van der Waals surface area contributed by atoms with Crippen molar-refractivity contribution in [3.8, 4) is 17.4 Å². The third-order valence-electron chi connectivity index (χ3n) is 11.9. The van der Waals surface area contributed by atoms with Crippen LogP contribution in [0.25, 0.3) is 11.2 Å². The molecule has 0 bridgehead atoms. The van der Waals surface area contributed by atoms with Crippen LogP contribution in [0.5, 0.6) is 17.4 Å². The Morgan fingerprint density at radius 1 is 0.924 bits per heavy atom. The number of hydrogen-bond acceptors (Lipinski definition) is 14. The van der Waals surface area contributed by atoms with Gasteiger partial charge in [-0.05, 0) is 87.4 Å². The van der Waals surface area contributed by atoms with Gasteiger partial charge < -0.3 is 39.0 Å². The number of nitrogens with one attached hydrogen (secondary N) is 2. The number of aromatic nitrogens is 4. The van der Waals surface area contributed by atoms with Gasteiger partial charge >= 0.3 is 13.7 Å². The Kier molecular flexibility index (Phi) is 13.8. The van der Waals surface area contributed by atoms with Crippen LogP contribution in [0.3, 0.4) is 0 Å². The number of aliphatic hydroxyl groups excluding tert-OH is 1. The van der Waals surface area contributed by atoms with Gasteiger partial charge in [-0.3, -0.25) is 13.9 Å². The summed E-state index contributed by atoms with van der Waals surface area (Å²) in [5, 5.41) is 29.7. The monoisotopic (exact) mass is 924 g/mol. The fraction of sp³-hybridized carbons (Fsp3) is 0.375. The van der Waals surface area contributed by atoms with Crippen molar-refractivity contribution >= 4 is 30.8 Å². The summed E-state index contributed by atoms with van der Waals surface area (Å²) in [7, 11) is -3.05. The van der Waals surface area contributed by atoms with E-state index in [1.807, 2.05) is 84.9 Å². The smallest absolute Gasteiger partial charge is 0.459 e. The van der Waals surface area contributed by atoms with E-state index in [0.717, 1.165) is 36.0 Å². The first-order valence-corrected chi connectivity index (χ1v) is 23.5. The van der Waals surface area contributed by atoms with E-state index in [-0.39, 0.29) is 41.5 Å². The lowest BCUT2D eigenvalue weighted by Crippen LogP contribution is -2.49. The molecule has 8 rings (SSSR count). The molecule has 2 fully saturated rings. The number of anilines is 1. The molecule has 16 nitrogen and oxygen atoms in total. The maximum absolute atomic E-state index is 17.3. The first-order valence-electron chi connectivity index (χ1n) is 21.9. The van der Waals surface area contributed by atoms with Crippen molar-refractivity contribution in [2.24, 2.45) is 0 Å². The van der Waals surface area contributed by atoms with Crippen LogP contribution in [-0.2, 0) is 28.9 Å². The zero-order chi connectivity index (χ0) is 46.5. The van der Waals surface area contributed by atoms with Gasteiger partial charge in [0, 0.05) is 0 Å². The van der Waals surface area contributed by atoms with Gasteiger partial charge in [0.1, 0.15) is 47.5 Å². The molecule has 6 atom stereocenters. The van der Waals surface area contributed by atoms with E-state index in [2.05, 4.69) is 15.4 Å². The van der Waals surface area contributed by atoms with E-state index in [1.54, 1.807) is 32.2 Å². The molecule has 1 aliphatic carbocycles. The van der Waals surface area contributed by atoms with Crippen LogP contribution in [0.2, 0.25) is 0 Å². The summed E-state index contributed by atoms with van der Waals surface area (Å²) in [6.45, 7) is 3.35. The van der Waals surface area contributed by atoms with Gasteiger partial charge in [0.2, 0.25) is 11.8 Å². The third kappa shape index (κ3) is 9.50. The molecular weight excluding hydrogens is 871 g/mol. The number of carbonyl (C=O) groups is 1. The number of carbonyl (C=O) groups excluding carboxylic acids is 1. The summed E-state index contributed by atoms with van der Waals surface area (Å²) in [6, 6.07) is 33.8. The largest absolute Gasteiger partial charge is 0.497 e. The van der Waals surface area contributed by atoms with Gasteiger partial charge in [-0.2, -0.15) is 15.1 Å². The average Bonchev–Trinajstić information content (AvgIpc) is 3.83. The fourth-order valence-corrected chi connectivity index (χ4v) is 9.98. The molecule has 348 valence electrons. The number of rotatable bonds is 18. The molecule has 2 aliphatic rings. The minimum atomic E-state index is -4.64. The first kappa shape index (κ1) is 46.6. The second kappa shape index (κ2) is 19.5. The lowest BCUT2D eigenvalue weighted by Gasteiger charge is -2.37. The predicted octanol–water partition coefficient (Wildman–Crippen LogP) is 8.00. The number of aliphatic hydroxyl groups is 2. The molecule has 1 aliphatic heterocycles. The highest BCUT2D eigenvalue weighted by atomic mass is 31.2. The molecule has 1 unspecified atom stereocenters. The molecule has 2 aromatic heterocycles. The highest BCUT2D eigenvalue weighted by Gasteiger charge is 2.64. The highest BCUT2D eigenvalue weighted by molar-refractivity contribution is 7.52. The van der Waals surface area contributed by atoms with Crippen molar-refractivity contribution < 1.29 is 52.0 Å². The standard InChI is InChI=1S/C48H54FN6O10P/c1-5-61-41-39-40(51-45(52-41)53-48(33-18-10-6-11-19-33,34-20-12-7-13-21-34)35-26-28-36(60-4)29-27-35)55(31-50-39)44-46(3,58)43(57)47(49,64-44)30-62-66(59,65-38-24-16-9-17-25-38)54-32(2)42(56)63-37-22-14-8-15-23-37/h6-7,9-13,16-21,24-29,31-32,37,43-44,57-58H,5,8,14-15,22-23,30H2,1-4H3,(H,54,59)(H,51,52,53)/t32-,43-,44+,46+,47+,66?/m0/s1. The second-order valence-corrected chi connectivity index (χ2v) is 18.2. The van der Waals surface area contributed by atoms with Crippen molar-refractivity contribution in [3.05, 3.63) is 138 Å². The lowest BCUT2D eigenvalue weighted by molar-refractivity contribution is -0.202. The molecule has 0 spiro atoms. The molecule has 4 N–H and O–H groups in total. The molecule has 18 heteroatoms. The Hall–Kier alpha value is -5.94. The summed E-state index contributed by atoms with van der Waals surface area (Å²) in [5.41, 5.74) is -0.828. The number of nitrogens with zero attached hydrogens (tertiary/aromatic N) is 4. The molecule has 1 saturated carbocycles. The predicted molar refractivity (Wildman–Crippen MR) is 243 cm³/mol. The molecular formula is C48H54FN6O10P. The topological polar surface area (TPSA) is 198 Å². The van der Waals surface area contributed by atoms with Crippen LogP contribution in [0.1, 0.15) is 75.8 Å². The van der Waals surface area contributed by atoms with Gasteiger partial charge in [0.25, 0.3) is 5.85 Å². The van der Waals surface area contributed by atoms with Gasteiger partial charge in [-0.15, -0.1) is 0 Å². The first-order chi connectivity index (χ1) is 31.8. The minimum absolute atomic E-state index is 0.0494. The average molecular weight is 925 g/mol. The summed E-state index contributed by atoms with van der Waals surface area (Å²) in [6.07, 6.45) is 1.30. The van der Waals surface area contributed by atoms with E-state index in [0.29, 0.717) is 18.6 Å². The normalized spacial score (nSPS) is 22.6. The van der Waals surface area contributed by atoms with Crippen LogP contribution in [0.15, 0.2) is 122 Å². The van der Waals surface area contributed by atoms with Crippen LogP contribution in [0, 0.1) is 0 Å². The van der Waals surface area contributed by atoms with Crippen molar-refractivity contribution in [1.29, 1.82) is 0 Å². The number of halogens is 1.